The molecule has 2 N–H and O–H groups in total. The minimum absolute atomic E-state index is 0.460. The van der Waals surface area contributed by atoms with Gasteiger partial charge in [0.1, 0.15) is 0 Å². The molecule has 0 saturated heterocycles. The highest BCUT2D eigenvalue weighted by atomic mass is 16.5. The first-order valence-electron chi connectivity index (χ1n) is 4.58. The first kappa shape index (κ1) is 8.50. The summed E-state index contributed by atoms with van der Waals surface area (Å²) in [5, 5.41) is 7.89. The molecule has 5 heteroatoms. The maximum Gasteiger partial charge on any atom is 0.165 e. The number of hydrogen-bond acceptors (Lipinski definition) is 4. The average Bonchev–Trinajstić information content (AvgIpc) is 2.84. The minimum Gasteiger partial charge on any atom is -0.381 e. The standard InChI is InChI=1S/C8H14N4O/c9-8-5-10-12(11-8)3-4-13-6-7-1-2-7/h5,7H,1-4,6H2,(H2,9,11). The van der Waals surface area contributed by atoms with E-state index in [0.29, 0.717) is 19.0 Å². The van der Waals surface area contributed by atoms with Crippen LogP contribution in [0.1, 0.15) is 12.8 Å². The van der Waals surface area contributed by atoms with Gasteiger partial charge in [0, 0.05) is 6.61 Å². The zero-order valence-corrected chi connectivity index (χ0v) is 7.52. The van der Waals surface area contributed by atoms with Crippen LogP contribution in [0.15, 0.2) is 6.20 Å². The van der Waals surface area contributed by atoms with Crippen molar-refractivity contribution in [1.29, 1.82) is 0 Å². The van der Waals surface area contributed by atoms with E-state index < -0.39 is 0 Å². The zero-order chi connectivity index (χ0) is 9.10. The van der Waals surface area contributed by atoms with Crippen LogP contribution in [-0.4, -0.2) is 28.2 Å². The first-order chi connectivity index (χ1) is 6.34. The lowest BCUT2D eigenvalue weighted by Gasteiger charge is -2.01. The summed E-state index contributed by atoms with van der Waals surface area (Å²) in [6, 6.07) is 0. The molecule has 5 nitrogen and oxygen atoms in total. The van der Waals surface area contributed by atoms with Crippen LogP contribution in [0.2, 0.25) is 0 Å². The fourth-order valence-electron chi connectivity index (χ4n) is 1.10. The monoisotopic (exact) mass is 182 g/mol. The topological polar surface area (TPSA) is 66.0 Å². The van der Waals surface area contributed by atoms with Gasteiger partial charge in [0.2, 0.25) is 0 Å². The highest BCUT2D eigenvalue weighted by molar-refractivity contribution is 5.19. The first-order valence-corrected chi connectivity index (χ1v) is 4.58. The number of anilines is 1. The second-order valence-electron chi connectivity index (χ2n) is 3.38. The van der Waals surface area contributed by atoms with E-state index in [0.717, 1.165) is 12.5 Å². The van der Waals surface area contributed by atoms with Crippen molar-refractivity contribution in [3.8, 4) is 0 Å². The highest BCUT2D eigenvalue weighted by Gasteiger charge is 2.20. The molecule has 1 saturated carbocycles. The largest absolute Gasteiger partial charge is 0.381 e. The van der Waals surface area contributed by atoms with Gasteiger partial charge in [-0.15, -0.1) is 5.10 Å². The summed E-state index contributed by atoms with van der Waals surface area (Å²) in [5.41, 5.74) is 5.41. The lowest BCUT2D eigenvalue weighted by atomic mass is 10.5. The molecule has 0 aromatic carbocycles. The number of nitrogen functional groups attached to an aromatic ring is 1. The molecular weight excluding hydrogens is 168 g/mol. The molecule has 1 heterocycles. The molecule has 1 aliphatic rings. The predicted octanol–water partition coefficient (Wildman–Crippen LogP) is 0.287. The van der Waals surface area contributed by atoms with E-state index in [1.54, 1.807) is 11.0 Å². The van der Waals surface area contributed by atoms with Crippen molar-refractivity contribution in [3.63, 3.8) is 0 Å². The van der Waals surface area contributed by atoms with Crippen LogP contribution >= 0.6 is 0 Å². The Labute approximate surface area is 76.9 Å². The third kappa shape index (κ3) is 2.69. The highest BCUT2D eigenvalue weighted by Crippen LogP contribution is 2.28. The molecule has 1 fully saturated rings. The van der Waals surface area contributed by atoms with E-state index in [4.69, 9.17) is 10.5 Å². The van der Waals surface area contributed by atoms with Crippen LogP contribution in [0.5, 0.6) is 0 Å². The maximum absolute atomic E-state index is 5.43. The van der Waals surface area contributed by atoms with Crippen molar-refractivity contribution < 1.29 is 4.74 Å². The molecule has 0 radical (unpaired) electrons. The van der Waals surface area contributed by atoms with E-state index in [1.165, 1.54) is 12.8 Å². The van der Waals surface area contributed by atoms with E-state index >= 15 is 0 Å². The van der Waals surface area contributed by atoms with Gasteiger partial charge in [0.15, 0.2) is 5.82 Å². The van der Waals surface area contributed by atoms with Gasteiger partial charge in [0.25, 0.3) is 0 Å². The molecule has 1 aromatic heterocycles. The Kier molecular flexibility index (Phi) is 2.44. The van der Waals surface area contributed by atoms with Gasteiger partial charge in [-0.2, -0.15) is 9.90 Å². The van der Waals surface area contributed by atoms with E-state index in [-0.39, 0.29) is 0 Å². The normalized spacial score (nSPS) is 16.3. The summed E-state index contributed by atoms with van der Waals surface area (Å²) < 4.78 is 5.43. The van der Waals surface area contributed by atoms with Gasteiger partial charge in [-0.1, -0.05) is 0 Å². The molecular formula is C8H14N4O. The Morgan fingerprint density at radius 1 is 1.62 bits per heavy atom. The van der Waals surface area contributed by atoms with E-state index in [9.17, 15) is 0 Å². The quantitative estimate of drug-likeness (QED) is 0.664. The Bertz CT molecular complexity index is 269. The Morgan fingerprint density at radius 3 is 3.08 bits per heavy atom. The van der Waals surface area contributed by atoms with Crippen LogP contribution in [0.4, 0.5) is 5.82 Å². The van der Waals surface area contributed by atoms with Crippen LogP contribution in [0.3, 0.4) is 0 Å². The number of aromatic nitrogens is 3. The lowest BCUT2D eigenvalue weighted by Crippen LogP contribution is -2.10. The van der Waals surface area contributed by atoms with Crippen molar-refractivity contribution in [2.24, 2.45) is 5.92 Å². The second-order valence-corrected chi connectivity index (χ2v) is 3.38. The average molecular weight is 182 g/mol. The van der Waals surface area contributed by atoms with Crippen molar-refractivity contribution in [2.75, 3.05) is 18.9 Å². The van der Waals surface area contributed by atoms with Gasteiger partial charge < -0.3 is 10.5 Å². The van der Waals surface area contributed by atoms with Gasteiger partial charge >= 0.3 is 0 Å². The molecule has 0 amide bonds. The molecule has 0 aliphatic heterocycles. The van der Waals surface area contributed by atoms with Crippen LogP contribution < -0.4 is 5.73 Å². The third-order valence-electron chi connectivity index (χ3n) is 2.04. The van der Waals surface area contributed by atoms with Gasteiger partial charge in [-0.3, -0.25) is 0 Å². The molecule has 1 aromatic rings. The molecule has 0 spiro atoms. The smallest absolute Gasteiger partial charge is 0.165 e. The molecule has 0 atom stereocenters. The van der Waals surface area contributed by atoms with Gasteiger partial charge in [-0.25, -0.2) is 0 Å². The second kappa shape index (κ2) is 3.74. The van der Waals surface area contributed by atoms with E-state index in [2.05, 4.69) is 10.2 Å². The molecule has 0 bridgehead atoms. The summed E-state index contributed by atoms with van der Waals surface area (Å²) in [6.45, 7) is 2.24. The molecule has 72 valence electrons. The maximum atomic E-state index is 5.43. The van der Waals surface area contributed by atoms with Crippen molar-refractivity contribution >= 4 is 5.82 Å². The lowest BCUT2D eigenvalue weighted by molar-refractivity contribution is 0.112. The fourth-order valence-corrected chi connectivity index (χ4v) is 1.10. The number of ether oxygens (including phenoxy) is 1. The fraction of sp³-hybridized carbons (Fsp3) is 0.750. The zero-order valence-electron chi connectivity index (χ0n) is 7.52. The predicted molar refractivity (Wildman–Crippen MR) is 48.0 cm³/mol. The molecule has 0 unspecified atom stereocenters. The summed E-state index contributed by atoms with van der Waals surface area (Å²) in [4.78, 5) is 1.56. The van der Waals surface area contributed by atoms with Crippen molar-refractivity contribution in [2.45, 2.75) is 19.4 Å². The van der Waals surface area contributed by atoms with E-state index in [1.807, 2.05) is 0 Å². The summed E-state index contributed by atoms with van der Waals surface area (Å²) >= 11 is 0. The summed E-state index contributed by atoms with van der Waals surface area (Å²) in [7, 11) is 0. The summed E-state index contributed by atoms with van der Waals surface area (Å²) in [6.07, 6.45) is 4.20. The Hall–Kier alpha value is -1.10. The molecule has 1 aliphatic carbocycles. The number of nitrogens with two attached hydrogens (primary N) is 1. The molecule has 2 rings (SSSR count). The number of rotatable bonds is 5. The van der Waals surface area contributed by atoms with Gasteiger partial charge in [-0.05, 0) is 18.8 Å². The number of nitrogens with zero attached hydrogens (tertiary/aromatic N) is 3. The van der Waals surface area contributed by atoms with Crippen LogP contribution in [0.25, 0.3) is 0 Å². The third-order valence-corrected chi connectivity index (χ3v) is 2.04. The minimum atomic E-state index is 0.460. The van der Waals surface area contributed by atoms with Crippen molar-refractivity contribution in [1.82, 2.24) is 15.0 Å². The van der Waals surface area contributed by atoms with Crippen LogP contribution in [-0.2, 0) is 11.3 Å². The SMILES string of the molecule is Nc1cnn(CCOCC2CC2)n1. The van der Waals surface area contributed by atoms with Gasteiger partial charge in [0.05, 0.1) is 19.3 Å². The Balaban J connectivity index is 1.61. The van der Waals surface area contributed by atoms with Crippen molar-refractivity contribution in [3.05, 3.63) is 6.20 Å². The summed E-state index contributed by atoms with van der Waals surface area (Å²) in [5.74, 6) is 1.28. The number of hydrogen-bond donors (Lipinski definition) is 1. The Morgan fingerprint density at radius 2 is 2.46 bits per heavy atom. The molecule has 13 heavy (non-hydrogen) atoms. The van der Waals surface area contributed by atoms with Crippen LogP contribution in [0, 0.1) is 5.92 Å².